The molecule has 0 saturated carbocycles. The summed E-state index contributed by atoms with van der Waals surface area (Å²) in [5.74, 6) is -0.978. The van der Waals surface area contributed by atoms with Crippen molar-refractivity contribution in [2.75, 3.05) is 0 Å². The fraction of sp³-hybridized carbons (Fsp3) is 0.0667. The van der Waals surface area contributed by atoms with Crippen LogP contribution in [-0.2, 0) is 9.59 Å². The van der Waals surface area contributed by atoms with Crippen LogP contribution in [0.4, 0.5) is 0 Å². The molecule has 0 fully saturated rings. The third-order valence-corrected chi connectivity index (χ3v) is 3.44. The quantitative estimate of drug-likeness (QED) is 0.483. The van der Waals surface area contributed by atoms with E-state index in [1.165, 1.54) is 6.92 Å². The molecule has 2 aromatic carbocycles. The second kappa shape index (κ2) is 6.16. The SMILES string of the molecule is C=CC(=O)Oc1c(Cl)c(Cl)c(OC(C)=O)c2ccccc12. The lowest BCUT2D eigenvalue weighted by Gasteiger charge is -2.14. The van der Waals surface area contributed by atoms with Crippen LogP contribution in [0.5, 0.6) is 11.5 Å². The minimum atomic E-state index is -0.668. The minimum Gasteiger partial charge on any atom is -0.424 e. The maximum absolute atomic E-state index is 11.4. The topological polar surface area (TPSA) is 52.6 Å². The van der Waals surface area contributed by atoms with Gasteiger partial charge < -0.3 is 9.47 Å². The summed E-state index contributed by atoms with van der Waals surface area (Å²) in [5.41, 5.74) is 0. The largest absolute Gasteiger partial charge is 0.424 e. The number of rotatable bonds is 3. The highest BCUT2D eigenvalue weighted by atomic mass is 35.5. The molecule has 0 aliphatic rings. The Labute approximate surface area is 130 Å². The van der Waals surface area contributed by atoms with Crippen LogP contribution in [0.2, 0.25) is 10.0 Å². The zero-order chi connectivity index (χ0) is 15.6. The minimum absolute atomic E-state index is 0.00238. The standard InChI is InChI=1S/C15H10Cl2O4/c1-3-11(19)21-15-10-7-5-4-6-9(10)14(20-8(2)18)12(16)13(15)17/h3-7H,1H2,2H3. The van der Waals surface area contributed by atoms with Gasteiger partial charge in [0, 0.05) is 23.8 Å². The van der Waals surface area contributed by atoms with Crippen LogP contribution in [0.1, 0.15) is 6.92 Å². The molecule has 0 bridgehead atoms. The van der Waals surface area contributed by atoms with Gasteiger partial charge in [0.25, 0.3) is 0 Å². The van der Waals surface area contributed by atoms with Crippen LogP contribution < -0.4 is 9.47 Å². The third-order valence-electron chi connectivity index (χ3n) is 2.62. The molecule has 0 N–H and O–H groups in total. The highest BCUT2D eigenvalue weighted by molar-refractivity contribution is 6.45. The van der Waals surface area contributed by atoms with Crippen molar-refractivity contribution in [3.8, 4) is 11.5 Å². The molecule has 0 radical (unpaired) electrons. The van der Waals surface area contributed by atoms with Crippen molar-refractivity contribution < 1.29 is 19.1 Å². The second-order valence-corrected chi connectivity index (χ2v) is 4.81. The molecular weight excluding hydrogens is 315 g/mol. The number of fused-ring (bicyclic) bond motifs is 1. The van der Waals surface area contributed by atoms with Crippen LogP contribution in [0.3, 0.4) is 0 Å². The smallest absolute Gasteiger partial charge is 0.335 e. The average Bonchev–Trinajstić information content (AvgIpc) is 2.47. The number of hydrogen-bond acceptors (Lipinski definition) is 4. The summed E-state index contributed by atoms with van der Waals surface area (Å²) in [4.78, 5) is 22.6. The number of esters is 2. The van der Waals surface area contributed by atoms with Crippen molar-refractivity contribution in [1.82, 2.24) is 0 Å². The Hall–Kier alpha value is -2.04. The molecule has 0 aliphatic heterocycles. The van der Waals surface area contributed by atoms with E-state index in [1.54, 1.807) is 24.3 Å². The van der Waals surface area contributed by atoms with Gasteiger partial charge in [-0.25, -0.2) is 4.79 Å². The first-order valence-corrected chi connectivity index (χ1v) is 6.63. The monoisotopic (exact) mass is 324 g/mol. The molecule has 108 valence electrons. The van der Waals surface area contributed by atoms with E-state index in [9.17, 15) is 9.59 Å². The highest BCUT2D eigenvalue weighted by Gasteiger charge is 2.21. The van der Waals surface area contributed by atoms with Crippen LogP contribution in [-0.4, -0.2) is 11.9 Å². The summed E-state index contributed by atoms with van der Waals surface area (Å²) < 4.78 is 10.2. The molecule has 0 heterocycles. The molecule has 2 aromatic rings. The number of carbonyl (C=O) groups is 2. The summed E-state index contributed by atoms with van der Waals surface area (Å²) in [6, 6.07) is 6.82. The van der Waals surface area contributed by atoms with E-state index in [1.807, 2.05) is 0 Å². The number of carbonyl (C=O) groups excluding carboxylic acids is 2. The maximum Gasteiger partial charge on any atom is 0.335 e. The Bertz CT molecular complexity index is 753. The zero-order valence-electron chi connectivity index (χ0n) is 11.0. The Morgan fingerprint density at radius 3 is 1.95 bits per heavy atom. The van der Waals surface area contributed by atoms with Gasteiger partial charge in [-0.1, -0.05) is 54.0 Å². The van der Waals surface area contributed by atoms with Crippen LogP contribution in [0, 0.1) is 0 Å². The lowest BCUT2D eigenvalue weighted by molar-refractivity contribution is -0.132. The van der Waals surface area contributed by atoms with Crippen molar-refractivity contribution in [3.05, 3.63) is 47.0 Å². The van der Waals surface area contributed by atoms with Gasteiger partial charge in [-0.15, -0.1) is 0 Å². The molecule has 0 aromatic heterocycles. The van der Waals surface area contributed by atoms with Gasteiger partial charge in [0.1, 0.15) is 10.0 Å². The normalized spacial score (nSPS) is 10.2. The van der Waals surface area contributed by atoms with Gasteiger partial charge in [0.15, 0.2) is 11.5 Å². The first kappa shape index (κ1) is 15.4. The predicted molar refractivity (Wildman–Crippen MR) is 81.1 cm³/mol. The fourth-order valence-corrected chi connectivity index (χ4v) is 2.25. The Morgan fingerprint density at radius 2 is 1.52 bits per heavy atom. The number of ether oxygens (including phenoxy) is 2. The van der Waals surface area contributed by atoms with E-state index >= 15 is 0 Å². The van der Waals surface area contributed by atoms with Crippen molar-refractivity contribution in [1.29, 1.82) is 0 Å². The zero-order valence-corrected chi connectivity index (χ0v) is 12.5. The van der Waals surface area contributed by atoms with E-state index < -0.39 is 11.9 Å². The Morgan fingerprint density at radius 1 is 1.05 bits per heavy atom. The van der Waals surface area contributed by atoms with Crippen LogP contribution >= 0.6 is 23.2 Å². The fourth-order valence-electron chi connectivity index (χ4n) is 1.80. The molecule has 0 aliphatic carbocycles. The van der Waals surface area contributed by atoms with Crippen LogP contribution in [0.15, 0.2) is 36.9 Å². The van der Waals surface area contributed by atoms with E-state index in [4.69, 9.17) is 32.7 Å². The summed E-state index contributed by atoms with van der Waals surface area (Å²) in [5, 5.41) is 0.992. The number of halogens is 2. The lowest BCUT2D eigenvalue weighted by Crippen LogP contribution is -2.06. The third kappa shape index (κ3) is 3.01. The molecule has 0 atom stereocenters. The van der Waals surface area contributed by atoms with Gasteiger partial charge in [-0.05, 0) is 0 Å². The molecule has 6 heteroatoms. The summed E-state index contributed by atoms with van der Waals surface area (Å²) in [6.45, 7) is 4.58. The molecule has 0 spiro atoms. The summed E-state index contributed by atoms with van der Waals surface area (Å²) in [7, 11) is 0. The van der Waals surface area contributed by atoms with Crippen molar-refractivity contribution >= 4 is 45.9 Å². The lowest BCUT2D eigenvalue weighted by atomic mass is 10.1. The number of benzene rings is 2. The molecular formula is C15H10Cl2O4. The summed E-state index contributed by atoms with van der Waals surface area (Å²) >= 11 is 12.2. The van der Waals surface area contributed by atoms with Gasteiger partial charge in [0.2, 0.25) is 0 Å². The van der Waals surface area contributed by atoms with E-state index in [0.717, 1.165) is 6.08 Å². The average molecular weight is 325 g/mol. The van der Waals surface area contributed by atoms with E-state index in [2.05, 4.69) is 6.58 Å². The van der Waals surface area contributed by atoms with E-state index in [0.29, 0.717) is 10.8 Å². The van der Waals surface area contributed by atoms with Crippen LogP contribution in [0.25, 0.3) is 10.8 Å². The first-order chi connectivity index (χ1) is 9.95. The molecule has 21 heavy (non-hydrogen) atoms. The van der Waals surface area contributed by atoms with E-state index in [-0.39, 0.29) is 21.5 Å². The maximum atomic E-state index is 11.4. The van der Waals surface area contributed by atoms with Crippen molar-refractivity contribution in [3.63, 3.8) is 0 Å². The predicted octanol–water partition coefficient (Wildman–Crippen LogP) is 4.16. The second-order valence-electron chi connectivity index (χ2n) is 4.05. The summed E-state index contributed by atoms with van der Waals surface area (Å²) in [6.07, 6.45) is 1.01. The first-order valence-electron chi connectivity index (χ1n) is 5.88. The van der Waals surface area contributed by atoms with Crippen molar-refractivity contribution in [2.45, 2.75) is 6.92 Å². The van der Waals surface area contributed by atoms with Gasteiger partial charge >= 0.3 is 11.9 Å². The highest BCUT2D eigenvalue weighted by Crippen LogP contribution is 2.46. The van der Waals surface area contributed by atoms with Gasteiger partial charge in [-0.3, -0.25) is 4.79 Å². The van der Waals surface area contributed by atoms with Crippen molar-refractivity contribution in [2.24, 2.45) is 0 Å². The van der Waals surface area contributed by atoms with Gasteiger partial charge in [0.05, 0.1) is 0 Å². The molecule has 4 nitrogen and oxygen atoms in total. The molecule has 0 amide bonds. The molecule has 0 unspecified atom stereocenters. The molecule has 2 rings (SSSR count). The molecule has 0 saturated heterocycles. The number of hydrogen-bond donors (Lipinski definition) is 0. The Kier molecular flexibility index (Phi) is 4.50. The Balaban J connectivity index is 2.77. The van der Waals surface area contributed by atoms with Gasteiger partial charge in [-0.2, -0.15) is 0 Å².